The van der Waals surface area contributed by atoms with E-state index < -0.39 is 0 Å². The molecule has 6 heteroatoms. The highest BCUT2D eigenvalue weighted by molar-refractivity contribution is 7.31. The fourth-order valence-electron chi connectivity index (χ4n) is 6.35. The highest BCUT2D eigenvalue weighted by Crippen LogP contribution is 2.50. The predicted molar refractivity (Wildman–Crippen MR) is 217 cm³/mol. The van der Waals surface area contributed by atoms with Gasteiger partial charge in [0.1, 0.15) is 16.8 Å². The van der Waals surface area contributed by atoms with E-state index in [-0.39, 0.29) is 10.8 Å². The van der Waals surface area contributed by atoms with Gasteiger partial charge in [-0.3, -0.25) is 0 Å². The van der Waals surface area contributed by atoms with Gasteiger partial charge < -0.3 is 4.74 Å². The summed E-state index contributed by atoms with van der Waals surface area (Å²) in [5.74, 6) is 0.890. The third kappa shape index (κ3) is 6.21. The molecule has 0 aliphatic heterocycles. The van der Waals surface area contributed by atoms with Crippen LogP contribution in [-0.2, 0) is 10.8 Å². The summed E-state index contributed by atoms with van der Waals surface area (Å²) in [5.41, 5.74) is 9.94. The Balaban J connectivity index is 1.47. The van der Waals surface area contributed by atoms with Crippen LogP contribution in [0.15, 0.2) is 60.7 Å². The van der Waals surface area contributed by atoms with Crippen molar-refractivity contribution >= 4 is 65.2 Å². The summed E-state index contributed by atoms with van der Waals surface area (Å²) < 4.78 is 8.80. The zero-order valence-corrected chi connectivity index (χ0v) is 32.9. The van der Waals surface area contributed by atoms with Crippen LogP contribution < -0.4 is 4.74 Å². The van der Waals surface area contributed by atoms with Crippen LogP contribution in [0.3, 0.4) is 0 Å². The molecule has 0 atom stereocenters. The van der Waals surface area contributed by atoms with Crippen molar-refractivity contribution in [3.05, 3.63) is 87.1 Å². The molecular formula is C43H46N2OS3. The molecule has 0 fully saturated rings. The van der Waals surface area contributed by atoms with Crippen molar-refractivity contribution in [1.29, 1.82) is 0 Å². The number of aryl methyl sites for hydroxylation is 3. The Morgan fingerprint density at radius 1 is 0.653 bits per heavy atom. The highest BCUT2D eigenvalue weighted by atomic mass is 32.1. The molecule has 0 unspecified atom stereocenters. The maximum Gasteiger partial charge on any atom is 0.119 e. The van der Waals surface area contributed by atoms with Crippen molar-refractivity contribution < 1.29 is 4.74 Å². The number of nitrogens with zero attached hydrogens (tertiary/aromatic N) is 2. The number of rotatable bonds is 7. The number of aromatic nitrogens is 2. The minimum atomic E-state index is -0.0959. The van der Waals surface area contributed by atoms with Gasteiger partial charge in [0.25, 0.3) is 0 Å². The highest BCUT2D eigenvalue weighted by Gasteiger charge is 2.29. The van der Waals surface area contributed by atoms with Crippen molar-refractivity contribution in [3.63, 3.8) is 0 Å². The van der Waals surface area contributed by atoms with Gasteiger partial charge in [0, 0.05) is 25.8 Å². The largest absolute Gasteiger partial charge is 0.494 e. The molecule has 0 amide bonds. The van der Waals surface area contributed by atoms with Gasteiger partial charge in [-0.15, -0.1) is 34.0 Å². The fourth-order valence-corrected chi connectivity index (χ4v) is 10.3. The van der Waals surface area contributed by atoms with E-state index in [0.29, 0.717) is 0 Å². The molecule has 7 aromatic rings. The van der Waals surface area contributed by atoms with E-state index in [2.05, 4.69) is 130 Å². The summed E-state index contributed by atoms with van der Waals surface area (Å²) in [6, 6.07) is 22.0. The number of unbranched alkanes of at least 4 members (excludes halogenated alkanes) is 1. The van der Waals surface area contributed by atoms with E-state index in [0.717, 1.165) is 58.7 Å². The van der Waals surface area contributed by atoms with Crippen LogP contribution in [0.5, 0.6) is 5.75 Å². The van der Waals surface area contributed by atoms with Crippen molar-refractivity contribution in [2.24, 2.45) is 0 Å². The zero-order chi connectivity index (χ0) is 34.8. The second kappa shape index (κ2) is 12.6. The van der Waals surface area contributed by atoms with Crippen LogP contribution in [0.1, 0.15) is 87.8 Å². The first-order valence-electron chi connectivity index (χ1n) is 17.4. The van der Waals surface area contributed by atoms with Crippen molar-refractivity contribution in [2.45, 2.75) is 92.9 Å². The molecule has 0 N–H and O–H groups in total. The minimum absolute atomic E-state index is 0.0959. The van der Waals surface area contributed by atoms with Crippen molar-refractivity contribution in [2.75, 3.05) is 6.61 Å². The third-order valence-corrected chi connectivity index (χ3v) is 14.1. The average Bonchev–Trinajstić information content (AvgIpc) is 3.79. The van der Waals surface area contributed by atoms with E-state index in [4.69, 9.17) is 14.7 Å². The number of fused-ring (bicyclic) bond motifs is 4. The first-order chi connectivity index (χ1) is 23.2. The Hall–Kier alpha value is -3.58. The summed E-state index contributed by atoms with van der Waals surface area (Å²) in [4.78, 5) is 16.3. The van der Waals surface area contributed by atoms with Crippen LogP contribution in [0.4, 0.5) is 0 Å². The predicted octanol–water partition coefficient (Wildman–Crippen LogP) is 13.8. The summed E-state index contributed by atoms with van der Waals surface area (Å²) in [6.45, 7) is 23.4. The molecule has 0 aliphatic carbocycles. The monoisotopic (exact) mass is 702 g/mol. The molecule has 0 bridgehead atoms. The molecule has 0 radical (unpaired) electrons. The lowest BCUT2D eigenvalue weighted by atomic mass is 9.93. The number of benzene rings is 3. The summed E-state index contributed by atoms with van der Waals surface area (Å²) in [6.07, 6.45) is 2.16. The van der Waals surface area contributed by atoms with E-state index in [1.165, 1.54) is 56.4 Å². The fraction of sp³-hybridized carbons (Fsp3) is 0.349. The molecule has 0 saturated heterocycles. The number of hydrogen-bond acceptors (Lipinski definition) is 6. The number of ether oxygens (including phenoxy) is 1. The zero-order valence-electron chi connectivity index (χ0n) is 30.4. The van der Waals surface area contributed by atoms with Crippen molar-refractivity contribution in [1.82, 2.24) is 9.97 Å². The maximum atomic E-state index is 6.00. The van der Waals surface area contributed by atoms with Crippen LogP contribution in [-0.4, -0.2) is 16.6 Å². The van der Waals surface area contributed by atoms with Gasteiger partial charge in [-0.05, 0) is 96.3 Å². The SMILES string of the molecule is CCCCOc1ccc(-c2nc3c(C(C)(C)C)sc(-c4cc5c(C)c(C)c6cc(C(C)(C)C)sc6c5s4)c3nc2-c2ccc(C)cc2)cc1. The van der Waals surface area contributed by atoms with Gasteiger partial charge in [0.05, 0.1) is 32.3 Å². The summed E-state index contributed by atoms with van der Waals surface area (Å²) >= 11 is 5.75. The Kier molecular flexibility index (Phi) is 8.74. The molecule has 4 heterocycles. The second-order valence-corrected chi connectivity index (χ2v) is 18.6. The van der Waals surface area contributed by atoms with E-state index in [1.54, 1.807) is 0 Å². The van der Waals surface area contributed by atoms with E-state index >= 15 is 0 Å². The van der Waals surface area contributed by atoms with E-state index in [1.807, 2.05) is 34.0 Å². The molecule has 252 valence electrons. The van der Waals surface area contributed by atoms with Crippen LogP contribution in [0, 0.1) is 20.8 Å². The second-order valence-electron chi connectivity index (χ2n) is 15.4. The quantitative estimate of drug-likeness (QED) is 0.155. The van der Waals surface area contributed by atoms with Gasteiger partial charge in [-0.25, -0.2) is 9.97 Å². The summed E-state index contributed by atoms with van der Waals surface area (Å²) in [7, 11) is 0. The van der Waals surface area contributed by atoms with Crippen molar-refractivity contribution in [3.8, 4) is 38.0 Å². The van der Waals surface area contributed by atoms with Gasteiger partial charge in [-0.2, -0.15) is 0 Å². The Morgan fingerprint density at radius 3 is 1.82 bits per heavy atom. The normalized spacial score (nSPS) is 12.5. The van der Waals surface area contributed by atoms with Gasteiger partial charge in [-0.1, -0.05) is 84.7 Å². The molecule has 4 aromatic heterocycles. The Morgan fingerprint density at radius 2 is 1.22 bits per heavy atom. The first-order valence-corrected chi connectivity index (χ1v) is 19.8. The molecule has 3 aromatic carbocycles. The smallest absolute Gasteiger partial charge is 0.119 e. The molecule has 0 saturated carbocycles. The lowest BCUT2D eigenvalue weighted by Gasteiger charge is -2.17. The minimum Gasteiger partial charge on any atom is -0.494 e. The van der Waals surface area contributed by atoms with Crippen LogP contribution >= 0.6 is 34.0 Å². The molecular weight excluding hydrogens is 657 g/mol. The topological polar surface area (TPSA) is 35.0 Å². The Bertz CT molecular complexity index is 2320. The maximum absolute atomic E-state index is 6.00. The standard InChI is InChI=1S/C43H46N2OS3/c1-11-12-21-46-29-19-17-28(18-20-29)35-34(27-15-13-24(2)14-16-27)44-36-37(45-35)41(43(8,9)10)49-40(36)32-22-30-25(3)26(4)31-23-33(42(5,6)7)48-39(31)38(30)47-32/h13-20,22-23H,11-12,21H2,1-10H3. The molecule has 0 spiro atoms. The van der Waals surface area contributed by atoms with Crippen LogP contribution in [0.2, 0.25) is 0 Å². The molecule has 49 heavy (non-hydrogen) atoms. The molecule has 3 nitrogen and oxygen atoms in total. The molecule has 7 rings (SSSR count). The van der Waals surface area contributed by atoms with Gasteiger partial charge >= 0.3 is 0 Å². The lowest BCUT2D eigenvalue weighted by molar-refractivity contribution is 0.309. The Labute approximate surface area is 303 Å². The van der Waals surface area contributed by atoms with Gasteiger partial charge in [0.15, 0.2) is 0 Å². The molecule has 0 aliphatic rings. The lowest BCUT2D eigenvalue weighted by Crippen LogP contribution is -2.09. The van der Waals surface area contributed by atoms with Gasteiger partial charge in [0.2, 0.25) is 0 Å². The number of thiophene rings is 3. The van der Waals surface area contributed by atoms with Crippen LogP contribution in [0.25, 0.3) is 63.5 Å². The first kappa shape index (κ1) is 33.9. The summed E-state index contributed by atoms with van der Waals surface area (Å²) in [5, 5.41) is 2.75. The number of hydrogen-bond donors (Lipinski definition) is 0. The third-order valence-electron chi connectivity index (χ3n) is 9.43. The average molecular weight is 703 g/mol. The van der Waals surface area contributed by atoms with E-state index in [9.17, 15) is 0 Å².